The number of amides is 2. The van der Waals surface area contributed by atoms with Crippen LogP contribution in [0.4, 0.5) is 4.79 Å². The second-order valence-electron chi connectivity index (χ2n) is 13.3. The molecular formula is C37H56N6O8. The van der Waals surface area contributed by atoms with Crippen LogP contribution < -0.4 is 51.3 Å². The van der Waals surface area contributed by atoms with Gasteiger partial charge in [-0.15, -0.1) is 0 Å². The maximum atomic E-state index is 13.4. The van der Waals surface area contributed by atoms with Crippen LogP contribution in [0.3, 0.4) is 0 Å². The van der Waals surface area contributed by atoms with Crippen molar-refractivity contribution < 1.29 is 38.4 Å². The van der Waals surface area contributed by atoms with Crippen LogP contribution in [-0.4, -0.2) is 97.1 Å². The maximum absolute atomic E-state index is 13.4. The van der Waals surface area contributed by atoms with E-state index < -0.39 is 17.9 Å². The van der Waals surface area contributed by atoms with Gasteiger partial charge in [0.2, 0.25) is 12.5 Å². The fourth-order valence-electron chi connectivity index (χ4n) is 7.23. The van der Waals surface area contributed by atoms with E-state index in [0.29, 0.717) is 23.6 Å². The highest BCUT2D eigenvalue weighted by Gasteiger charge is 2.53. The Balaban J connectivity index is 1.09. The summed E-state index contributed by atoms with van der Waals surface area (Å²) < 4.78 is 27.9. The van der Waals surface area contributed by atoms with Crippen LogP contribution in [0.15, 0.2) is 24.3 Å². The molecule has 2 aliphatic heterocycles. The molecule has 0 spiro atoms. The topological polar surface area (TPSA) is 187 Å². The zero-order valence-corrected chi connectivity index (χ0v) is 30.0. The smallest absolute Gasteiger partial charge is 0.315 e. The van der Waals surface area contributed by atoms with Gasteiger partial charge in [-0.2, -0.15) is 0 Å². The number of nitrogens with two attached hydrogens (primary N) is 1. The Morgan fingerprint density at radius 1 is 0.784 bits per heavy atom. The molecule has 1 fully saturated rings. The molecule has 2 heterocycles. The van der Waals surface area contributed by atoms with Crippen molar-refractivity contribution in [2.75, 3.05) is 80.0 Å². The third-order valence-electron chi connectivity index (χ3n) is 9.87. The Labute approximate surface area is 300 Å². The van der Waals surface area contributed by atoms with Gasteiger partial charge in [-0.05, 0) is 125 Å². The predicted octanol–water partition coefficient (Wildman–Crippen LogP) is 2.87. The van der Waals surface area contributed by atoms with Crippen molar-refractivity contribution in [2.24, 2.45) is 17.6 Å². The maximum Gasteiger partial charge on any atom is 0.315 e. The largest absolute Gasteiger partial charge is 0.502 e. The average molecular weight is 713 g/mol. The number of ether oxygens (including phenoxy) is 5. The summed E-state index contributed by atoms with van der Waals surface area (Å²) in [5.41, 5.74) is 7.82. The van der Waals surface area contributed by atoms with Crippen LogP contribution in [-0.2, 0) is 9.53 Å². The van der Waals surface area contributed by atoms with E-state index in [0.717, 1.165) is 89.0 Å². The number of phenols is 1. The summed E-state index contributed by atoms with van der Waals surface area (Å²) in [6.07, 6.45) is 7.38. The fraction of sp³-hybridized carbons (Fsp3) is 0.622. The monoisotopic (exact) mass is 712 g/mol. The summed E-state index contributed by atoms with van der Waals surface area (Å²) in [7, 11) is 2.92. The van der Waals surface area contributed by atoms with Crippen LogP contribution in [0.5, 0.6) is 28.7 Å². The van der Waals surface area contributed by atoms with E-state index in [1.54, 1.807) is 12.1 Å². The standard InChI is InChI=1S/C37H56N6O8/c1-47-30-18-24(19-31(48-2)35(30)44)32-25-20-28-29(51-23-50-28)21-26(25)34(27-22-49-36(45)33(27)32)43-37(46)42-17-5-3-4-11-40-15-9-16-41-13-7-6-12-39-14-8-10-38/h18-21,27,32-34,39-41,44H,3-17,22-23,38H2,1-2H3,(H2,42,43,46)/t27-,32?,33-,34+/m0/s1. The second kappa shape index (κ2) is 19.6. The molecule has 0 saturated carbocycles. The van der Waals surface area contributed by atoms with Gasteiger partial charge < -0.3 is 61.1 Å². The number of carbonyl (C=O) groups is 2. The Hall–Kier alpha value is -3.98. The van der Waals surface area contributed by atoms with Gasteiger partial charge in [0.1, 0.15) is 0 Å². The van der Waals surface area contributed by atoms with Crippen molar-refractivity contribution >= 4 is 12.0 Å². The molecule has 2 amide bonds. The summed E-state index contributed by atoms with van der Waals surface area (Å²) >= 11 is 0. The Bertz CT molecular complexity index is 1420. The van der Waals surface area contributed by atoms with Crippen molar-refractivity contribution in [2.45, 2.75) is 56.9 Å². The van der Waals surface area contributed by atoms with Crippen molar-refractivity contribution in [3.05, 3.63) is 41.0 Å². The third-order valence-corrected chi connectivity index (χ3v) is 9.87. The molecule has 14 nitrogen and oxygen atoms in total. The van der Waals surface area contributed by atoms with Gasteiger partial charge in [0.05, 0.1) is 32.8 Å². The molecule has 2 aromatic carbocycles. The number of hydrogen-bond donors (Lipinski definition) is 7. The third kappa shape index (κ3) is 9.88. The quantitative estimate of drug-likeness (QED) is 0.0701. The number of unbranched alkanes of at least 4 members (excludes halogenated alkanes) is 3. The van der Waals surface area contributed by atoms with Crippen LogP contribution >= 0.6 is 0 Å². The number of rotatable bonds is 22. The van der Waals surface area contributed by atoms with Crippen molar-refractivity contribution in [1.82, 2.24) is 26.6 Å². The summed E-state index contributed by atoms with van der Waals surface area (Å²) in [6.45, 7) is 7.59. The van der Waals surface area contributed by atoms with Crippen molar-refractivity contribution in [3.63, 3.8) is 0 Å². The SMILES string of the molecule is COc1cc(C2c3cc4c(cc3[C@@H](NC(=O)NCCCCCNCCCNCCCCNCCCN)[C@H]3COC(=O)[C@H]23)OCO4)cc(OC)c1O. The summed E-state index contributed by atoms with van der Waals surface area (Å²) in [4.78, 5) is 26.6. The lowest BCUT2D eigenvalue weighted by molar-refractivity contribution is -0.141. The number of aromatic hydroxyl groups is 1. The van der Waals surface area contributed by atoms with Crippen LogP contribution in [0.2, 0.25) is 0 Å². The molecule has 3 aliphatic rings. The normalized spacial score (nSPS) is 20.0. The minimum Gasteiger partial charge on any atom is -0.502 e. The zero-order valence-electron chi connectivity index (χ0n) is 30.0. The molecule has 8 N–H and O–H groups in total. The molecule has 4 atom stereocenters. The number of carbonyl (C=O) groups excluding carboxylic acids is 2. The first kappa shape index (κ1) is 38.3. The Kier molecular flexibility index (Phi) is 14.7. The van der Waals surface area contributed by atoms with Gasteiger partial charge in [-0.25, -0.2) is 4.79 Å². The van der Waals surface area contributed by atoms with Gasteiger partial charge in [0.25, 0.3) is 0 Å². The molecule has 282 valence electrons. The first-order valence-electron chi connectivity index (χ1n) is 18.4. The van der Waals surface area contributed by atoms with Gasteiger partial charge >= 0.3 is 12.0 Å². The van der Waals surface area contributed by atoms with E-state index in [1.807, 2.05) is 12.1 Å². The summed E-state index contributed by atoms with van der Waals surface area (Å²) in [5.74, 6) is -0.326. The lowest BCUT2D eigenvalue weighted by atomic mass is 9.65. The second-order valence-corrected chi connectivity index (χ2v) is 13.3. The molecule has 51 heavy (non-hydrogen) atoms. The molecular weight excluding hydrogens is 656 g/mol. The van der Waals surface area contributed by atoms with E-state index in [9.17, 15) is 14.7 Å². The number of cyclic esters (lactones) is 1. The molecule has 1 saturated heterocycles. The molecule has 14 heteroatoms. The number of urea groups is 1. The molecule has 1 unspecified atom stereocenters. The highest BCUT2D eigenvalue weighted by molar-refractivity contribution is 5.80. The van der Waals surface area contributed by atoms with Crippen molar-refractivity contribution in [1.29, 1.82) is 0 Å². The number of esters is 1. The minimum atomic E-state index is -0.607. The molecule has 5 rings (SSSR count). The minimum absolute atomic E-state index is 0.0823. The molecule has 1 aliphatic carbocycles. The van der Waals surface area contributed by atoms with E-state index in [-0.39, 0.29) is 48.6 Å². The molecule has 2 aromatic rings. The fourth-order valence-corrected chi connectivity index (χ4v) is 7.23. The lowest BCUT2D eigenvalue weighted by Crippen LogP contribution is -2.46. The van der Waals surface area contributed by atoms with Crippen LogP contribution in [0.25, 0.3) is 0 Å². The predicted molar refractivity (Wildman–Crippen MR) is 193 cm³/mol. The number of hydrogen-bond acceptors (Lipinski definition) is 12. The zero-order chi connectivity index (χ0) is 36.0. The molecule has 0 aromatic heterocycles. The van der Waals surface area contributed by atoms with E-state index in [2.05, 4.69) is 26.6 Å². The van der Waals surface area contributed by atoms with Crippen LogP contribution in [0, 0.1) is 11.8 Å². The number of fused-ring (bicyclic) bond motifs is 3. The number of methoxy groups -OCH3 is 2. The van der Waals surface area contributed by atoms with E-state index in [1.165, 1.54) is 27.1 Å². The van der Waals surface area contributed by atoms with Gasteiger partial charge in [-0.1, -0.05) is 6.42 Å². The molecule has 0 bridgehead atoms. The Morgan fingerprint density at radius 3 is 1.98 bits per heavy atom. The number of phenolic OH excluding ortho intramolecular Hbond substituents is 1. The first-order valence-corrected chi connectivity index (χ1v) is 18.4. The van der Waals surface area contributed by atoms with Gasteiger partial charge in [0.15, 0.2) is 23.0 Å². The van der Waals surface area contributed by atoms with Gasteiger partial charge in [0, 0.05) is 18.4 Å². The lowest BCUT2D eigenvalue weighted by Gasteiger charge is -2.39. The summed E-state index contributed by atoms with van der Waals surface area (Å²) in [6, 6.07) is 6.37. The van der Waals surface area contributed by atoms with Gasteiger partial charge in [-0.3, -0.25) is 4.79 Å². The summed E-state index contributed by atoms with van der Waals surface area (Å²) in [5, 5.41) is 27.2. The number of benzene rings is 2. The average Bonchev–Trinajstić information content (AvgIpc) is 3.76. The number of nitrogens with one attached hydrogen (secondary N) is 5. The molecule has 0 radical (unpaired) electrons. The van der Waals surface area contributed by atoms with E-state index >= 15 is 0 Å². The van der Waals surface area contributed by atoms with Crippen LogP contribution in [0.1, 0.15) is 73.6 Å². The highest BCUT2D eigenvalue weighted by atomic mass is 16.7. The van der Waals surface area contributed by atoms with Crippen molar-refractivity contribution in [3.8, 4) is 28.7 Å². The van der Waals surface area contributed by atoms with E-state index in [4.69, 9.17) is 29.4 Å². The highest BCUT2D eigenvalue weighted by Crippen LogP contribution is 2.55. The first-order chi connectivity index (χ1) is 25.0. The Morgan fingerprint density at radius 2 is 1.35 bits per heavy atom.